The highest BCUT2D eigenvalue weighted by Gasteiger charge is 2.37. The highest BCUT2D eigenvalue weighted by Crippen LogP contribution is 2.26. The second-order valence-corrected chi connectivity index (χ2v) is 7.32. The second-order valence-electron chi connectivity index (χ2n) is 6.32. The number of nitrogens with zero attached hydrogens (tertiary/aromatic N) is 2. The molecule has 0 aromatic carbocycles. The van der Waals surface area contributed by atoms with Crippen LogP contribution >= 0.6 is 11.8 Å². The average Bonchev–Trinajstić information content (AvgIpc) is 2.95. The van der Waals surface area contributed by atoms with E-state index in [0.29, 0.717) is 29.7 Å². The summed E-state index contributed by atoms with van der Waals surface area (Å²) in [5.41, 5.74) is 0.0644. The van der Waals surface area contributed by atoms with Gasteiger partial charge < -0.3 is 15.0 Å². The molecule has 7 heteroatoms. The molecular weight excluding hydrogens is 314 g/mol. The number of carbonyl (C=O) groups is 2. The molecule has 0 bridgehead atoms. The predicted octanol–water partition coefficient (Wildman–Crippen LogP) is 1.91. The SMILES string of the molecule is CCOc1ncccc1C(=O)N1CSCC1C(=O)NC(C)(C)C. The summed E-state index contributed by atoms with van der Waals surface area (Å²) in [7, 11) is 0. The Bertz CT molecular complexity index is 586. The molecule has 1 unspecified atom stereocenters. The summed E-state index contributed by atoms with van der Waals surface area (Å²) < 4.78 is 5.43. The van der Waals surface area contributed by atoms with Crippen LogP contribution in [0.15, 0.2) is 18.3 Å². The van der Waals surface area contributed by atoms with E-state index in [1.54, 1.807) is 35.0 Å². The summed E-state index contributed by atoms with van der Waals surface area (Å²) in [6, 6.07) is 2.91. The minimum Gasteiger partial charge on any atom is -0.477 e. The van der Waals surface area contributed by atoms with Crippen LogP contribution in [0.5, 0.6) is 5.88 Å². The number of hydrogen-bond acceptors (Lipinski definition) is 5. The zero-order valence-corrected chi connectivity index (χ0v) is 14.8. The van der Waals surface area contributed by atoms with Crippen molar-refractivity contribution in [2.24, 2.45) is 0 Å². The van der Waals surface area contributed by atoms with Gasteiger partial charge in [0.25, 0.3) is 5.91 Å². The fourth-order valence-electron chi connectivity index (χ4n) is 2.27. The van der Waals surface area contributed by atoms with Gasteiger partial charge in [0.15, 0.2) is 0 Å². The lowest BCUT2D eigenvalue weighted by atomic mass is 10.1. The first-order chi connectivity index (χ1) is 10.8. The van der Waals surface area contributed by atoms with Gasteiger partial charge in [-0.1, -0.05) is 0 Å². The zero-order chi connectivity index (χ0) is 17.0. The molecule has 0 aliphatic carbocycles. The average molecular weight is 337 g/mol. The third-order valence-electron chi connectivity index (χ3n) is 3.23. The largest absolute Gasteiger partial charge is 0.477 e. The van der Waals surface area contributed by atoms with Gasteiger partial charge in [0.1, 0.15) is 11.6 Å². The highest BCUT2D eigenvalue weighted by atomic mass is 32.2. The van der Waals surface area contributed by atoms with Crippen LogP contribution in [0.1, 0.15) is 38.1 Å². The molecule has 0 spiro atoms. The van der Waals surface area contributed by atoms with Crippen LogP contribution in [0.4, 0.5) is 0 Å². The Kier molecular flexibility index (Phi) is 5.51. The van der Waals surface area contributed by atoms with E-state index < -0.39 is 6.04 Å². The molecule has 6 nitrogen and oxygen atoms in total. The van der Waals surface area contributed by atoms with Crippen LogP contribution in [0.2, 0.25) is 0 Å². The third kappa shape index (κ3) is 4.37. The Morgan fingerprint density at radius 2 is 2.22 bits per heavy atom. The van der Waals surface area contributed by atoms with E-state index in [2.05, 4.69) is 10.3 Å². The molecule has 1 atom stereocenters. The van der Waals surface area contributed by atoms with Gasteiger partial charge >= 0.3 is 0 Å². The predicted molar refractivity (Wildman–Crippen MR) is 90.6 cm³/mol. The number of rotatable bonds is 4. The van der Waals surface area contributed by atoms with Gasteiger partial charge in [-0.05, 0) is 39.8 Å². The van der Waals surface area contributed by atoms with Crippen molar-refractivity contribution in [1.29, 1.82) is 0 Å². The maximum atomic E-state index is 12.8. The van der Waals surface area contributed by atoms with Crippen molar-refractivity contribution < 1.29 is 14.3 Å². The van der Waals surface area contributed by atoms with Crippen molar-refractivity contribution in [3.8, 4) is 5.88 Å². The van der Waals surface area contributed by atoms with Gasteiger partial charge in [0.05, 0.1) is 12.5 Å². The second kappa shape index (κ2) is 7.21. The molecule has 0 saturated carbocycles. The van der Waals surface area contributed by atoms with Crippen molar-refractivity contribution in [2.45, 2.75) is 39.3 Å². The molecule has 1 aliphatic rings. The molecular formula is C16H23N3O3S. The topological polar surface area (TPSA) is 71.5 Å². The fourth-order valence-corrected chi connectivity index (χ4v) is 3.43. The first kappa shape index (κ1) is 17.6. The van der Waals surface area contributed by atoms with E-state index in [0.717, 1.165) is 0 Å². The van der Waals surface area contributed by atoms with Crippen LogP contribution < -0.4 is 10.1 Å². The number of nitrogens with one attached hydrogen (secondary N) is 1. The Hall–Kier alpha value is -1.76. The summed E-state index contributed by atoms with van der Waals surface area (Å²) >= 11 is 1.57. The van der Waals surface area contributed by atoms with Crippen molar-refractivity contribution in [3.63, 3.8) is 0 Å². The van der Waals surface area contributed by atoms with Gasteiger partial charge in [-0.15, -0.1) is 11.8 Å². The molecule has 2 heterocycles. The van der Waals surface area contributed by atoms with Gasteiger partial charge in [-0.3, -0.25) is 9.59 Å². The summed E-state index contributed by atoms with van der Waals surface area (Å²) in [6.45, 7) is 8.04. The number of carbonyl (C=O) groups excluding carboxylic acids is 2. The van der Waals surface area contributed by atoms with Crippen molar-refractivity contribution in [3.05, 3.63) is 23.9 Å². The highest BCUT2D eigenvalue weighted by molar-refractivity contribution is 7.99. The lowest BCUT2D eigenvalue weighted by Crippen LogP contribution is -2.52. The molecule has 2 amide bonds. The minimum atomic E-state index is -0.471. The molecule has 126 valence electrons. The van der Waals surface area contributed by atoms with E-state index in [-0.39, 0.29) is 17.4 Å². The smallest absolute Gasteiger partial charge is 0.260 e. The quantitative estimate of drug-likeness (QED) is 0.909. The van der Waals surface area contributed by atoms with E-state index >= 15 is 0 Å². The first-order valence-corrected chi connectivity index (χ1v) is 8.77. The number of ether oxygens (including phenoxy) is 1. The Labute approximate surface area is 141 Å². The van der Waals surface area contributed by atoms with Crippen LogP contribution in [-0.2, 0) is 4.79 Å². The van der Waals surface area contributed by atoms with Crippen molar-refractivity contribution in [2.75, 3.05) is 18.2 Å². The summed E-state index contributed by atoms with van der Waals surface area (Å²) in [5, 5.41) is 2.94. The van der Waals surface area contributed by atoms with Crippen LogP contribution in [-0.4, -0.2) is 51.5 Å². The third-order valence-corrected chi connectivity index (χ3v) is 4.24. The Morgan fingerprint density at radius 1 is 1.48 bits per heavy atom. The standard InChI is InChI=1S/C16H23N3O3S/c1-5-22-14-11(7-6-8-17-14)15(21)19-10-23-9-12(19)13(20)18-16(2,3)4/h6-8,12H,5,9-10H2,1-4H3,(H,18,20). The minimum absolute atomic E-state index is 0.127. The van der Waals surface area contributed by atoms with E-state index in [4.69, 9.17) is 4.74 Å². The summed E-state index contributed by atoms with van der Waals surface area (Å²) in [6.07, 6.45) is 1.59. The first-order valence-electron chi connectivity index (χ1n) is 7.62. The Morgan fingerprint density at radius 3 is 2.87 bits per heavy atom. The maximum absolute atomic E-state index is 12.8. The number of hydrogen-bond donors (Lipinski definition) is 1. The van der Waals surface area contributed by atoms with Crippen molar-refractivity contribution in [1.82, 2.24) is 15.2 Å². The van der Waals surface area contributed by atoms with Gasteiger partial charge in [0.2, 0.25) is 11.8 Å². The number of amides is 2. The fraction of sp³-hybridized carbons (Fsp3) is 0.562. The zero-order valence-electron chi connectivity index (χ0n) is 14.0. The molecule has 23 heavy (non-hydrogen) atoms. The lowest BCUT2D eigenvalue weighted by Gasteiger charge is -2.28. The molecule has 1 aliphatic heterocycles. The van der Waals surface area contributed by atoms with Crippen LogP contribution in [0.3, 0.4) is 0 Å². The molecule has 1 aromatic rings. The lowest BCUT2D eigenvalue weighted by molar-refractivity contribution is -0.125. The van der Waals surface area contributed by atoms with E-state index in [1.165, 1.54) is 0 Å². The van der Waals surface area contributed by atoms with E-state index in [1.807, 2.05) is 27.7 Å². The molecule has 1 fully saturated rings. The Balaban J connectivity index is 2.20. The molecule has 1 aromatic heterocycles. The molecule has 1 N–H and O–H groups in total. The normalized spacial score (nSPS) is 17.9. The molecule has 2 rings (SSSR count). The van der Waals surface area contributed by atoms with E-state index in [9.17, 15) is 9.59 Å². The van der Waals surface area contributed by atoms with Crippen LogP contribution in [0.25, 0.3) is 0 Å². The summed E-state index contributed by atoms with van der Waals surface area (Å²) in [4.78, 5) is 31.0. The van der Waals surface area contributed by atoms with Crippen LogP contribution in [0, 0.1) is 0 Å². The molecule has 0 radical (unpaired) electrons. The van der Waals surface area contributed by atoms with Gasteiger partial charge in [-0.2, -0.15) is 0 Å². The van der Waals surface area contributed by atoms with Gasteiger partial charge in [0, 0.05) is 17.5 Å². The van der Waals surface area contributed by atoms with Gasteiger partial charge in [-0.25, -0.2) is 4.98 Å². The number of pyridine rings is 1. The molecule has 1 saturated heterocycles. The number of aromatic nitrogens is 1. The number of thioether (sulfide) groups is 1. The van der Waals surface area contributed by atoms with Crippen molar-refractivity contribution >= 4 is 23.6 Å². The maximum Gasteiger partial charge on any atom is 0.260 e. The summed E-state index contributed by atoms with van der Waals surface area (Å²) in [5.74, 6) is 1.05. The monoisotopic (exact) mass is 337 g/mol.